The number of ether oxygens (including phenoxy) is 1. The molecule has 1 unspecified atom stereocenters. The molecular weight excluding hydrogens is 301 g/mol. The average molecular weight is 317 g/mol. The number of hydrogen-bond acceptors (Lipinski definition) is 1. The van der Waals surface area contributed by atoms with E-state index in [1.54, 1.807) is 0 Å². The largest absolute Gasteiger partial charge is 0.411 e. The highest BCUT2D eigenvalue weighted by Crippen LogP contribution is 2.32. The first-order chi connectivity index (χ1) is 9.88. The number of fused-ring (bicyclic) bond motifs is 1. The fraction of sp³-hybridized carbons (Fsp3) is 0.375. The van der Waals surface area contributed by atoms with Crippen LogP contribution in [0.4, 0.5) is 13.2 Å². The topological polar surface area (TPSA) is 9.23 Å². The standard InChI is InChI=1S/C16H16ClF3O/c1-11-6-7-14(13-5-3-2-4-12(11)13)15(17)8-9-21-10-16(18,19)20/h2-7,15H,8-10H2,1H3. The Morgan fingerprint density at radius 3 is 2.43 bits per heavy atom. The summed E-state index contributed by atoms with van der Waals surface area (Å²) in [5, 5.41) is 1.77. The Bertz CT molecular complexity index is 610. The molecule has 0 bridgehead atoms. The molecule has 5 heteroatoms. The third-order valence-electron chi connectivity index (χ3n) is 3.29. The Morgan fingerprint density at radius 2 is 1.76 bits per heavy atom. The van der Waals surface area contributed by atoms with Crippen LogP contribution in [-0.4, -0.2) is 19.4 Å². The Morgan fingerprint density at radius 1 is 1.10 bits per heavy atom. The molecule has 2 rings (SSSR count). The Kier molecular flexibility index (Phi) is 5.12. The molecule has 0 aliphatic carbocycles. The third-order valence-corrected chi connectivity index (χ3v) is 3.75. The molecule has 0 fully saturated rings. The van der Waals surface area contributed by atoms with Crippen LogP contribution >= 0.6 is 11.6 Å². The lowest BCUT2D eigenvalue weighted by Crippen LogP contribution is -2.17. The van der Waals surface area contributed by atoms with Gasteiger partial charge in [0, 0.05) is 6.61 Å². The third kappa shape index (κ3) is 4.35. The van der Waals surface area contributed by atoms with Crippen LogP contribution in [0.3, 0.4) is 0 Å². The molecule has 0 heterocycles. The number of rotatable bonds is 5. The summed E-state index contributed by atoms with van der Waals surface area (Å²) in [7, 11) is 0. The zero-order valence-corrected chi connectivity index (χ0v) is 12.3. The molecule has 0 radical (unpaired) electrons. The van der Waals surface area contributed by atoms with Crippen molar-refractivity contribution >= 4 is 22.4 Å². The Hall–Kier alpha value is -1.26. The molecule has 0 amide bonds. The van der Waals surface area contributed by atoms with Crippen molar-refractivity contribution in [1.82, 2.24) is 0 Å². The first-order valence-electron chi connectivity index (χ1n) is 6.65. The minimum Gasteiger partial charge on any atom is -0.372 e. The number of hydrogen-bond donors (Lipinski definition) is 0. The summed E-state index contributed by atoms with van der Waals surface area (Å²) in [5.41, 5.74) is 2.07. The van der Waals surface area contributed by atoms with E-state index >= 15 is 0 Å². The lowest BCUT2D eigenvalue weighted by atomic mass is 9.97. The molecule has 2 aromatic carbocycles. The molecule has 114 valence electrons. The first kappa shape index (κ1) is 16.1. The van der Waals surface area contributed by atoms with Gasteiger partial charge in [-0.05, 0) is 35.2 Å². The monoisotopic (exact) mass is 316 g/mol. The van der Waals surface area contributed by atoms with Crippen molar-refractivity contribution in [3.05, 3.63) is 47.5 Å². The minimum atomic E-state index is -4.29. The summed E-state index contributed by atoms with van der Waals surface area (Å²) in [4.78, 5) is 0. The van der Waals surface area contributed by atoms with Gasteiger partial charge in [0.1, 0.15) is 6.61 Å². The van der Waals surface area contributed by atoms with E-state index in [2.05, 4.69) is 4.74 Å². The summed E-state index contributed by atoms with van der Waals surface area (Å²) in [5.74, 6) is 0. The predicted molar refractivity (Wildman–Crippen MR) is 78.8 cm³/mol. The van der Waals surface area contributed by atoms with Crippen molar-refractivity contribution in [2.75, 3.05) is 13.2 Å². The summed E-state index contributed by atoms with van der Waals surface area (Å²) in [6, 6.07) is 11.8. The zero-order chi connectivity index (χ0) is 15.5. The molecular formula is C16H16ClF3O. The van der Waals surface area contributed by atoms with Crippen LogP contribution in [0.5, 0.6) is 0 Å². The van der Waals surface area contributed by atoms with Gasteiger partial charge in [-0.1, -0.05) is 36.4 Å². The highest BCUT2D eigenvalue weighted by Gasteiger charge is 2.27. The van der Waals surface area contributed by atoms with Gasteiger partial charge in [0.2, 0.25) is 0 Å². The molecule has 21 heavy (non-hydrogen) atoms. The van der Waals surface area contributed by atoms with Crippen LogP contribution in [-0.2, 0) is 4.74 Å². The zero-order valence-electron chi connectivity index (χ0n) is 11.6. The normalized spacial score (nSPS) is 13.6. The summed E-state index contributed by atoms with van der Waals surface area (Å²) >= 11 is 6.33. The second-order valence-corrected chi connectivity index (χ2v) is 5.47. The summed E-state index contributed by atoms with van der Waals surface area (Å²) in [6.45, 7) is 0.767. The van der Waals surface area contributed by atoms with Crippen LogP contribution < -0.4 is 0 Å². The van der Waals surface area contributed by atoms with E-state index in [9.17, 15) is 13.2 Å². The molecule has 0 saturated carbocycles. The molecule has 0 aliphatic rings. The van der Waals surface area contributed by atoms with Crippen molar-refractivity contribution in [3.63, 3.8) is 0 Å². The van der Waals surface area contributed by atoms with Crippen LogP contribution in [0, 0.1) is 6.92 Å². The van der Waals surface area contributed by atoms with Gasteiger partial charge in [-0.15, -0.1) is 11.6 Å². The molecule has 0 N–H and O–H groups in total. The summed E-state index contributed by atoms with van der Waals surface area (Å²) in [6.07, 6.45) is -3.96. The smallest absolute Gasteiger partial charge is 0.372 e. The molecule has 0 aliphatic heterocycles. The van der Waals surface area contributed by atoms with Crippen molar-refractivity contribution in [3.8, 4) is 0 Å². The average Bonchev–Trinajstić information content (AvgIpc) is 2.43. The van der Waals surface area contributed by atoms with E-state index in [0.717, 1.165) is 21.9 Å². The molecule has 0 aromatic heterocycles. The molecule has 1 atom stereocenters. The second-order valence-electron chi connectivity index (χ2n) is 4.94. The number of aryl methyl sites for hydroxylation is 1. The maximum atomic E-state index is 12.0. The van der Waals surface area contributed by atoms with Crippen LogP contribution in [0.15, 0.2) is 36.4 Å². The number of benzene rings is 2. The van der Waals surface area contributed by atoms with Gasteiger partial charge in [0.15, 0.2) is 0 Å². The van der Waals surface area contributed by atoms with Crippen molar-refractivity contribution in [1.29, 1.82) is 0 Å². The van der Waals surface area contributed by atoms with Crippen LogP contribution in [0.2, 0.25) is 0 Å². The van der Waals surface area contributed by atoms with E-state index in [0.29, 0.717) is 6.42 Å². The van der Waals surface area contributed by atoms with Crippen molar-refractivity contribution < 1.29 is 17.9 Å². The molecule has 2 aromatic rings. The quantitative estimate of drug-likeness (QED) is 0.530. The highest BCUT2D eigenvalue weighted by molar-refractivity contribution is 6.21. The maximum absolute atomic E-state index is 12.0. The van der Waals surface area contributed by atoms with Gasteiger partial charge in [-0.2, -0.15) is 13.2 Å². The fourth-order valence-corrected chi connectivity index (χ4v) is 2.56. The van der Waals surface area contributed by atoms with Crippen LogP contribution in [0.25, 0.3) is 10.8 Å². The van der Waals surface area contributed by atoms with E-state index < -0.39 is 12.8 Å². The van der Waals surface area contributed by atoms with Gasteiger partial charge in [0.25, 0.3) is 0 Å². The van der Waals surface area contributed by atoms with Crippen molar-refractivity contribution in [2.24, 2.45) is 0 Å². The first-order valence-corrected chi connectivity index (χ1v) is 7.09. The van der Waals surface area contributed by atoms with Gasteiger partial charge in [-0.25, -0.2) is 0 Å². The minimum absolute atomic E-state index is 0.0180. The maximum Gasteiger partial charge on any atom is 0.411 e. The van der Waals surface area contributed by atoms with E-state index in [1.807, 2.05) is 43.3 Å². The van der Waals surface area contributed by atoms with E-state index in [-0.39, 0.29) is 12.0 Å². The summed E-state index contributed by atoms with van der Waals surface area (Å²) < 4.78 is 40.6. The predicted octanol–water partition coefficient (Wildman–Crippen LogP) is 5.40. The van der Waals surface area contributed by atoms with E-state index in [1.165, 1.54) is 0 Å². The lowest BCUT2D eigenvalue weighted by molar-refractivity contribution is -0.174. The molecule has 0 saturated heterocycles. The lowest BCUT2D eigenvalue weighted by Gasteiger charge is -2.15. The highest BCUT2D eigenvalue weighted by atomic mass is 35.5. The number of halogens is 4. The van der Waals surface area contributed by atoms with Gasteiger partial charge < -0.3 is 4.74 Å². The Labute approximate surface area is 126 Å². The molecule has 0 spiro atoms. The van der Waals surface area contributed by atoms with Gasteiger partial charge >= 0.3 is 6.18 Å². The fourth-order valence-electron chi connectivity index (χ4n) is 2.28. The van der Waals surface area contributed by atoms with Crippen LogP contribution in [0.1, 0.15) is 22.9 Å². The SMILES string of the molecule is Cc1ccc(C(Cl)CCOCC(F)(F)F)c2ccccc12. The molecule has 1 nitrogen and oxygen atoms in total. The Balaban J connectivity index is 2.06. The van der Waals surface area contributed by atoms with Crippen molar-refractivity contribution in [2.45, 2.75) is 24.9 Å². The van der Waals surface area contributed by atoms with Gasteiger partial charge in [-0.3, -0.25) is 0 Å². The number of alkyl halides is 4. The van der Waals surface area contributed by atoms with E-state index in [4.69, 9.17) is 11.6 Å². The van der Waals surface area contributed by atoms with Gasteiger partial charge in [0.05, 0.1) is 5.38 Å². The second kappa shape index (κ2) is 6.67.